The van der Waals surface area contributed by atoms with Crippen molar-refractivity contribution in [3.05, 3.63) is 0 Å². The molecule has 2 N–H and O–H groups in total. The van der Waals surface area contributed by atoms with Crippen LogP contribution in [-0.2, 0) is 4.74 Å². The molecule has 1 rings (SSSR count). The van der Waals surface area contributed by atoms with Gasteiger partial charge in [0.05, 0.1) is 6.61 Å². The molecule has 2 unspecified atom stereocenters. The zero-order valence-corrected chi connectivity index (χ0v) is 13.8. The summed E-state index contributed by atoms with van der Waals surface area (Å²) in [7, 11) is 1.78. The Bertz CT molecular complexity index is 278. The molecular formula is C16H34N2O. The van der Waals surface area contributed by atoms with Gasteiger partial charge in [-0.15, -0.1) is 0 Å². The summed E-state index contributed by atoms with van der Waals surface area (Å²) in [5.41, 5.74) is 6.86. The molecule has 0 saturated heterocycles. The van der Waals surface area contributed by atoms with Gasteiger partial charge < -0.3 is 10.5 Å². The third-order valence-electron chi connectivity index (χ3n) is 5.10. The second kappa shape index (κ2) is 6.55. The standard InChI is InChI=1S/C16H34N2O/c1-13(2)18(9-10-19-6)16(12-17)8-7-15(4,5)11-14(16)3/h13-14H,7-12,17H2,1-6H3. The van der Waals surface area contributed by atoms with Crippen molar-refractivity contribution in [3.63, 3.8) is 0 Å². The Hall–Kier alpha value is -0.120. The lowest BCUT2D eigenvalue weighted by Gasteiger charge is -2.55. The number of methoxy groups -OCH3 is 1. The average Bonchev–Trinajstić information content (AvgIpc) is 2.31. The van der Waals surface area contributed by atoms with Crippen LogP contribution in [0.4, 0.5) is 0 Å². The predicted molar refractivity (Wildman–Crippen MR) is 82.3 cm³/mol. The van der Waals surface area contributed by atoms with Crippen molar-refractivity contribution in [3.8, 4) is 0 Å². The van der Waals surface area contributed by atoms with Crippen molar-refractivity contribution >= 4 is 0 Å². The number of hydrogen-bond acceptors (Lipinski definition) is 3. The van der Waals surface area contributed by atoms with Gasteiger partial charge in [0, 0.05) is 31.8 Å². The van der Waals surface area contributed by atoms with Crippen LogP contribution in [0, 0.1) is 11.3 Å². The van der Waals surface area contributed by atoms with Crippen molar-refractivity contribution < 1.29 is 4.74 Å². The molecule has 0 bridgehead atoms. The molecule has 114 valence electrons. The molecule has 0 aromatic heterocycles. The first-order valence-electron chi connectivity index (χ1n) is 7.75. The summed E-state index contributed by atoms with van der Waals surface area (Å²) in [4.78, 5) is 2.59. The zero-order valence-electron chi connectivity index (χ0n) is 13.8. The third kappa shape index (κ3) is 3.71. The van der Waals surface area contributed by atoms with E-state index in [1.807, 2.05) is 0 Å². The van der Waals surface area contributed by atoms with Gasteiger partial charge in [0.15, 0.2) is 0 Å². The molecule has 1 aliphatic carbocycles. The van der Waals surface area contributed by atoms with Crippen molar-refractivity contribution in [1.82, 2.24) is 4.90 Å². The van der Waals surface area contributed by atoms with Crippen LogP contribution in [0.1, 0.15) is 53.9 Å². The van der Waals surface area contributed by atoms with E-state index in [0.717, 1.165) is 19.7 Å². The summed E-state index contributed by atoms with van der Waals surface area (Å²) in [5, 5.41) is 0. The van der Waals surface area contributed by atoms with Crippen LogP contribution in [-0.4, -0.2) is 43.3 Å². The Morgan fingerprint density at radius 2 is 1.95 bits per heavy atom. The Morgan fingerprint density at radius 3 is 2.37 bits per heavy atom. The number of nitrogens with two attached hydrogens (primary N) is 1. The molecule has 1 aliphatic rings. The quantitative estimate of drug-likeness (QED) is 0.806. The van der Waals surface area contributed by atoms with E-state index in [2.05, 4.69) is 39.5 Å². The van der Waals surface area contributed by atoms with Gasteiger partial charge in [-0.25, -0.2) is 0 Å². The zero-order chi connectivity index (χ0) is 14.7. The SMILES string of the molecule is COCCN(C(C)C)C1(CN)CCC(C)(C)CC1C. The highest BCUT2D eigenvalue weighted by molar-refractivity contribution is 5.02. The Kier molecular flexibility index (Phi) is 5.84. The summed E-state index contributed by atoms with van der Waals surface area (Å²) in [6.07, 6.45) is 3.74. The van der Waals surface area contributed by atoms with E-state index in [1.54, 1.807) is 7.11 Å². The molecule has 3 nitrogen and oxygen atoms in total. The highest BCUT2D eigenvalue weighted by Gasteiger charge is 2.47. The topological polar surface area (TPSA) is 38.5 Å². The van der Waals surface area contributed by atoms with E-state index in [1.165, 1.54) is 19.3 Å². The van der Waals surface area contributed by atoms with Gasteiger partial charge >= 0.3 is 0 Å². The fraction of sp³-hybridized carbons (Fsp3) is 1.00. The number of ether oxygens (including phenoxy) is 1. The maximum Gasteiger partial charge on any atom is 0.0590 e. The van der Waals surface area contributed by atoms with Gasteiger partial charge in [0.2, 0.25) is 0 Å². The molecule has 1 saturated carbocycles. The second-order valence-corrected chi connectivity index (χ2v) is 7.36. The lowest BCUT2D eigenvalue weighted by Crippen LogP contribution is -2.63. The predicted octanol–water partition coefficient (Wildman–Crippen LogP) is 2.89. The van der Waals surface area contributed by atoms with E-state index in [4.69, 9.17) is 10.5 Å². The van der Waals surface area contributed by atoms with Crippen LogP contribution in [0.15, 0.2) is 0 Å². The summed E-state index contributed by atoms with van der Waals surface area (Å²) in [5.74, 6) is 0.639. The summed E-state index contributed by atoms with van der Waals surface area (Å²) >= 11 is 0. The number of nitrogens with zero attached hydrogens (tertiary/aromatic N) is 1. The molecule has 0 amide bonds. The van der Waals surface area contributed by atoms with Gasteiger partial charge in [0.1, 0.15) is 0 Å². The molecule has 0 aliphatic heterocycles. The lowest BCUT2D eigenvalue weighted by atomic mass is 9.63. The molecule has 1 fully saturated rings. The largest absolute Gasteiger partial charge is 0.383 e. The van der Waals surface area contributed by atoms with Crippen molar-refractivity contribution in [1.29, 1.82) is 0 Å². The van der Waals surface area contributed by atoms with E-state index in [-0.39, 0.29) is 5.54 Å². The maximum absolute atomic E-state index is 6.25. The van der Waals surface area contributed by atoms with Gasteiger partial charge in [0.25, 0.3) is 0 Å². The van der Waals surface area contributed by atoms with Gasteiger partial charge in [-0.3, -0.25) is 4.90 Å². The Labute approximate surface area is 119 Å². The fourth-order valence-electron chi connectivity index (χ4n) is 3.95. The maximum atomic E-state index is 6.25. The van der Waals surface area contributed by atoms with E-state index in [0.29, 0.717) is 17.4 Å². The van der Waals surface area contributed by atoms with Crippen LogP contribution in [0.5, 0.6) is 0 Å². The van der Waals surface area contributed by atoms with E-state index >= 15 is 0 Å². The minimum absolute atomic E-state index is 0.155. The van der Waals surface area contributed by atoms with E-state index < -0.39 is 0 Å². The van der Waals surface area contributed by atoms with Gasteiger partial charge in [-0.1, -0.05) is 20.8 Å². The first kappa shape index (κ1) is 16.9. The van der Waals surface area contributed by atoms with Crippen LogP contribution in [0.2, 0.25) is 0 Å². The van der Waals surface area contributed by atoms with Crippen LogP contribution in [0.3, 0.4) is 0 Å². The summed E-state index contributed by atoms with van der Waals surface area (Å²) in [6, 6.07) is 0.516. The lowest BCUT2D eigenvalue weighted by molar-refractivity contribution is -0.0488. The van der Waals surface area contributed by atoms with Crippen LogP contribution < -0.4 is 5.73 Å². The molecule has 0 heterocycles. The van der Waals surface area contributed by atoms with E-state index in [9.17, 15) is 0 Å². The van der Waals surface area contributed by atoms with Crippen LogP contribution >= 0.6 is 0 Å². The van der Waals surface area contributed by atoms with Gasteiger partial charge in [-0.05, 0) is 44.4 Å². The third-order valence-corrected chi connectivity index (χ3v) is 5.10. The second-order valence-electron chi connectivity index (χ2n) is 7.36. The monoisotopic (exact) mass is 270 g/mol. The summed E-state index contributed by atoms with van der Waals surface area (Å²) in [6.45, 7) is 14.2. The minimum Gasteiger partial charge on any atom is -0.383 e. The molecule has 3 heteroatoms. The number of rotatable bonds is 6. The highest BCUT2D eigenvalue weighted by atomic mass is 16.5. The van der Waals surface area contributed by atoms with Crippen molar-refractivity contribution in [2.24, 2.45) is 17.1 Å². The van der Waals surface area contributed by atoms with Crippen molar-refractivity contribution in [2.45, 2.75) is 65.5 Å². The first-order valence-corrected chi connectivity index (χ1v) is 7.75. The molecule has 0 aromatic carbocycles. The van der Waals surface area contributed by atoms with Gasteiger partial charge in [-0.2, -0.15) is 0 Å². The molecule has 0 spiro atoms. The summed E-state index contributed by atoms with van der Waals surface area (Å²) < 4.78 is 5.30. The smallest absolute Gasteiger partial charge is 0.0590 e. The molecule has 0 radical (unpaired) electrons. The van der Waals surface area contributed by atoms with Crippen molar-refractivity contribution in [2.75, 3.05) is 26.8 Å². The highest BCUT2D eigenvalue weighted by Crippen LogP contribution is 2.46. The molecule has 2 atom stereocenters. The average molecular weight is 270 g/mol. The molecule has 0 aromatic rings. The number of hydrogen-bond donors (Lipinski definition) is 1. The fourth-order valence-corrected chi connectivity index (χ4v) is 3.95. The first-order chi connectivity index (χ1) is 8.79. The molecule has 19 heavy (non-hydrogen) atoms. The Morgan fingerprint density at radius 1 is 1.32 bits per heavy atom. The molecular weight excluding hydrogens is 236 g/mol. The Balaban J connectivity index is 2.93. The normalized spacial score (nSPS) is 31.1. The minimum atomic E-state index is 0.155. The van der Waals surface area contributed by atoms with Crippen LogP contribution in [0.25, 0.3) is 0 Å².